The van der Waals surface area contributed by atoms with Gasteiger partial charge in [-0.25, -0.2) is 0 Å². The third-order valence-electron chi connectivity index (χ3n) is 2.62. The molecular formula is C13H21NO2S. The van der Waals surface area contributed by atoms with Gasteiger partial charge < -0.3 is 10.1 Å². The van der Waals surface area contributed by atoms with Gasteiger partial charge >= 0.3 is 0 Å². The van der Waals surface area contributed by atoms with Crippen molar-refractivity contribution in [2.75, 3.05) is 32.3 Å². The van der Waals surface area contributed by atoms with Gasteiger partial charge in [-0.1, -0.05) is 30.3 Å². The van der Waals surface area contributed by atoms with Crippen molar-refractivity contribution in [2.45, 2.75) is 12.5 Å². The van der Waals surface area contributed by atoms with E-state index in [0.717, 1.165) is 6.42 Å². The molecule has 17 heavy (non-hydrogen) atoms. The SMILES string of the molecule is CNC(CS(=O)CCCOC)c1ccccc1. The van der Waals surface area contributed by atoms with Crippen molar-refractivity contribution in [3.8, 4) is 0 Å². The normalized spacial score (nSPS) is 14.5. The lowest BCUT2D eigenvalue weighted by atomic mass is 10.1. The van der Waals surface area contributed by atoms with Crippen LogP contribution in [0.2, 0.25) is 0 Å². The summed E-state index contributed by atoms with van der Waals surface area (Å²) in [6.07, 6.45) is 0.855. The summed E-state index contributed by atoms with van der Waals surface area (Å²) in [7, 11) is 2.78. The molecule has 0 heterocycles. The number of hydrogen-bond acceptors (Lipinski definition) is 3. The number of ether oxygens (including phenoxy) is 1. The fourth-order valence-corrected chi connectivity index (χ4v) is 3.00. The lowest BCUT2D eigenvalue weighted by Crippen LogP contribution is -2.23. The molecule has 0 aliphatic carbocycles. The number of rotatable bonds is 8. The second kappa shape index (κ2) is 8.39. The van der Waals surface area contributed by atoms with Crippen molar-refractivity contribution in [3.05, 3.63) is 35.9 Å². The Hall–Kier alpha value is -0.710. The lowest BCUT2D eigenvalue weighted by Gasteiger charge is -2.16. The average Bonchev–Trinajstić information content (AvgIpc) is 2.37. The molecule has 2 unspecified atom stereocenters. The Bertz CT molecular complexity index is 329. The molecule has 3 nitrogen and oxygen atoms in total. The van der Waals surface area contributed by atoms with Crippen molar-refractivity contribution in [2.24, 2.45) is 0 Å². The molecule has 0 saturated heterocycles. The summed E-state index contributed by atoms with van der Waals surface area (Å²) in [4.78, 5) is 0. The van der Waals surface area contributed by atoms with E-state index >= 15 is 0 Å². The fraction of sp³-hybridized carbons (Fsp3) is 0.538. The molecular weight excluding hydrogens is 234 g/mol. The Morgan fingerprint density at radius 3 is 2.65 bits per heavy atom. The first-order chi connectivity index (χ1) is 8.27. The number of hydrogen-bond donors (Lipinski definition) is 1. The van der Waals surface area contributed by atoms with Crippen LogP contribution < -0.4 is 5.32 Å². The van der Waals surface area contributed by atoms with Gasteiger partial charge in [0.15, 0.2) is 0 Å². The van der Waals surface area contributed by atoms with Gasteiger partial charge in [-0.3, -0.25) is 4.21 Å². The predicted octanol–water partition coefficient (Wildman–Crippen LogP) is 1.73. The van der Waals surface area contributed by atoms with E-state index in [4.69, 9.17) is 4.74 Å². The average molecular weight is 255 g/mol. The first kappa shape index (κ1) is 14.4. The molecule has 1 rings (SSSR count). The molecule has 0 aliphatic heterocycles. The summed E-state index contributed by atoms with van der Waals surface area (Å²) >= 11 is 0. The third-order valence-corrected chi connectivity index (χ3v) is 4.07. The van der Waals surface area contributed by atoms with Crippen LogP contribution in [0.1, 0.15) is 18.0 Å². The summed E-state index contributed by atoms with van der Waals surface area (Å²) in [6, 6.07) is 10.3. The monoisotopic (exact) mass is 255 g/mol. The molecule has 0 aliphatic rings. The van der Waals surface area contributed by atoms with Crippen molar-refractivity contribution in [1.29, 1.82) is 0 Å². The van der Waals surface area contributed by atoms with Gasteiger partial charge in [0.2, 0.25) is 0 Å². The molecule has 0 bridgehead atoms. The quantitative estimate of drug-likeness (QED) is 0.719. The molecule has 96 valence electrons. The minimum Gasteiger partial charge on any atom is -0.385 e. The van der Waals surface area contributed by atoms with Crippen LogP contribution in [-0.2, 0) is 15.5 Å². The van der Waals surface area contributed by atoms with Crippen LogP contribution >= 0.6 is 0 Å². The minimum atomic E-state index is -0.794. The zero-order chi connectivity index (χ0) is 12.5. The zero-order valence-corrected chi connectivity index (χ0v) is 11.3. The number of benzene rings is 1. The zero-order valence-electron chi connectivity index (χ0n) is 10.5. The molecule has 0 aromatic heterocycles. The van der Waals surface area contributed by atoms with E-state index in [1.807, 2.05) is 25.2 Å². The van der Waals surface area contributed by atoms with Gasteiger partial charge in [-0.2, -0.15) is 0 Å². The van der Waals surface area contributed by atoms with E-state index in [2.05, 4.69) is 17.4 Å². The standard InChI is InChI=1S/C13H21NO2S/c1-14-13(12-7-4-3-5-8-12)11-17(15)10-6-9-16-2/h3-5,7-8,13-14H,6,9-11H2,1-2H3. The van der Waals surface area contributed by atoms with Crippen LogP contribution in [0.25, 0.3) is 0 Å². The first-order valence-electron chi connectivity index (χ1n) is 5.84. The van der Waals surface area contributed by atoms with Crippen LogP contribution in [0, 0.1) is 0 Å². The fourth-order valence-electron chi connectivity index (χ4n) is 1.67. The molecule has 0 radical (unpaired) electrons. The van der Waals surface area contributed by atoms with Crippen molar-refractivity contribution < 1.29 is 8.95 Å². The highest BCUT2D eigenvalue weighted by molar-refractivity contribution is 7.85. The molecule has 0 fully saturated rings. The van der Waals surface area contributed by atoms with E-state index in [0.29, 0.717) is 18.1 Å². The van der Waals surface area contributed by atoms with Crippen LogP contribution in [0.3, 0.4) is 0 Å². The van der Waals surface area contributed by atoms with Gasteiger partial charge in [0.1, 0.15) is 0 Å². The molecule has 0 spiro atoms. The second-order valence-corrected chi connectivity index (χ2v) is 5.53. The molecule has 4 heteroatoms. The highest BCUT2D eigenvalue weighted by atomic mass is 32.2. The molecule has 0 amide bonds. The van der Waals surface area contributed by atoms with Crippen LogP contribution in [-0.4, -0.2) is 36.5 Å². The van der Waals surface area contributed by atoms with E-state index in [1.165, 1.54) is 5.56 Å². The summed E-state index contributed by atoms with van der Waals surface area (Å²) in [5.41, 5.74) is 1.19. The first-order valence-corrected chi connectivity index (χ1v) is 7.33. The van der Waals surface area contributed by atoms with Gasteiger partial charge in [0, 0.05) is 42.1 Å². The maximum Gasteiger partial charge on any atom is 0.0471 e. The summed E-state index contributed by atoms with van der Waals surface area (Å²) < 4.78 is 16.8. The smallest absolute Gasteiger partial charge is 0.0471 e. The van der Waals surface area contributed by atoms with Crippen LogP contribution in [0.15, 0.2) is 30.3 Å². The van der Waals surface area contributed by atoms with E-state index in [1.54, 1.807) is 7.11 Å². The van der Waals surface area contributed by atoms with Crippen LogP contribution in [0.5, 0.6) is 0 Å². The van der Waals surface area contributed by atoms with E-state index in [-0.39, 0.29) is 6.04 Å². The topological polar surface area (TPSA) is 38.3 Å². The predicted molar refractivity (Wildman–Crippen MR) is 72.6 cm³/mol. The molecule has 0 saturated carbocycles. The van der Waals surface area contributed by atoms with Crippen molar-refractivity contribution >= 4 is 10.8 Å². The van der Waals surface area contributed by atoms with Gasteiger partial charge in [-0.15, -0.1) is 0 Å². The van der Waals surface area contributed by atoms with E-state index < -0.39 is 10.8 Å². The minimum absolute atomic E-state index is 0.166. The second-order valence-electron chi connectivity index (χ2n) is 3.91. The summed E-state index contributed by atoms with van der Waals surface area (Å²) in [5, 5.41) is 3.22. The number of nitrogens with one attached hydrogen (secondary N) is 1. The van der Waals surface area contributed by atoms with Gasteiger partial charge in [-0.05, 0) is 19.0 Å². The summed E-state index contributed by atoms with van der Waals surface area (Å²) in [6.45, 7) is 0.682. The Labute approximate surface area is 106 Å². The lowest BCUT2D eigenvalue weighted by molar-refractivity contribution is 0.200. The molecule has 2 atom stereocenters. The van der Waals surface area contributed by atoms with Gasteiger partial charge in [0.25, 0.3) is 0 Å². The Balaban J connectivity index is 2.44. The molecule has 1 aromatic rings. The van der Waals surface area contributed by atoms with Crippen molar-refractivity contribution in [1.82, 2.24) is 5.32 Å². The summed E-state index contributed by atoms with van der Waals surface area (Å²) in [5.74, 6) is 1.36. The third kappa shape index (κ3) is 5.44. The largest absolute Gasteiger partial charge is 0.385 e. The Kier molecular flexibility index (Phi) is 7.08. The van der Waals surface area contributed by atoms with Crippen LogP contribution in [0.4, 0.5) is 0 Å². The Morgan fingerprint density at radius 1 is 1.35 bits per heavy atom. The molecule has 1 N–H and O–H groups in total. The maximum atomic E-state index is 11.9. The van der Waals surface area contributed by atoms with E-state index in [9.17, 15) is 4.21 Å². The Morgan fingerprint density at radius 2 is 2.06 bits per heavy atom. The molecule has 1 aromatic carbocycles. The highest BCUT2D eigenvalue weighted by Gasteiger charge is 2.12. The maximum absolute atomic E-state index is 11.9. The highest BCUT2D eigenvalue weighted by Crippen LogP contribution is 2.13. The van der Waals surface area contributed by atoms with Gasteiger partial charge in [0.05, 0.1) is 0 Å². The number of methoxy groups -OCH3 is 1. The van der Waals surface area contributed by atoms with Crippen molar-refractivity contribution in [3.63, 3.8) is 0 Å².